The highest BCUT2D eigenvalue weighted by atomic mass is 79.9. The first-order chi connectivity index (χ1) is 9.79. The maximum atomic E-state index is 4.50. The van der Waals surface area contributed by atoms with Crippen molar-refractivity contribution in [2.75, 3.05) is 18.4 Å². The smallest absolute Gasteiger partial charge is 0.112 e. The number of hydrogen-bond donors (Lipinski definition) is 1. The third-order valence-corrected chi connectivity index (χ3v) is 4.62. The summed E-state index contributed by atoms with van der Waals surface area (Å²) in [7, 11) is 0. The van der Waals surface area contributed by atoms with Gasteiger partial charge in [0.15, 0.2) is 0 Å². The van der Waals surface area contributed by atoms with Crippen molar-refractivity contribution in [3.8, 4) is 0 Å². The summed E-state index contributed by atoms with van der Waals surface area (Å²) in [4.78, 5) is 11.5. The third-order valence-electron chi connectivity index (χ3n) is 4.19. The van der Waals surface area contributed by atoms with Gasteiger partial charge < -0.3 is 5.32 Å². The van der Waals surface area contributed by atoms with E-state index in [-0.39, 0.29) is 0 Å². The lowest BCUT2D eigenvalue weighted by molar-refractivity contribution is 0.326. The van der Waals surface area contributed by atoms with Crippen LogP contribution in [0.4, 0.5) is 5.69 Å². The van der Waals surface area contributed by atoms with E-state index in [9.17, 15) is 0 Å². The van der Waals surface area contributed by atoms with Crippen molar-refractivity contribution in [1.29, 1.82) is 0 Å². The van der Waals surface area contributed by atoms with Crippen molar-refractivity contribution in [2.24, 2.45) is 0 Å². The molecule has 1 unspecified atom stereocenters. The summed E-state index contributed by atoms with van der Waals surface area (Å²) >= 11 is 3.45. The van der Waals surface area contributed by atoms with Crippen LogP contribution in [0.5, 0.6) is 0 Å². The Morgan fingerprint density at radius 2 is 2.15 bits per heavy atom. The minimum atomic E-state index is 0.534. The summed E-state index contributed by atoms with van der Waals surface area (Å²) in [6, 6.07) is 5.44. The Morgan fingerprint density at radius 3 is 3.00 bits per heavy atom. The van der Waals surface area contributed by atoms with Gasteiger partial charge in [0.25, 0.3) is 0 Å². The molecular weight excluding hydrogens is 316 g/mol. The van der Waals surface area contributed by atoms with Crippen molar-refractivity contribution in [3.05, 3.63) is 29.0 Å². The SMILES string of the molecule is Brc1cnc2c(NC3CCN(C4CC4)C3)ccnc2c1. The molecule has 104 valence electrons. The van der Waals surface area contributed by atoms with Crippen LogP contribution in [0, 0.1) is 0 Å². The minimum absolute atomic E-state index is 0.534. The number of nitrogens with zero attached hydrogens (tertiary/aromatic N) is 3. The molecule has 1 aliphatic carbocycles. The van der Waals surface area contributed by atoms with Crippen molar-refractivity contribution < 1.29 is 0 Å². The van der Waals surface area contributed by atoms with Gasteiger partial charge in [-0.2, -0.15) is 0 Å². The van der Waals surface area contributed by atoms with Crippen LogP contribution in [0.1, 0.15) is 19.3 Å². The fourth-order valence-corrected chi connectivity index (χ4v) is 3.34. The monoisotopic (exact) mass is 332 g/mol. The van der Waals surface area contributed by atoms with Gasteiger partial charge in [-0.25, -0.2) is 0 Å². The number of nitrogens with one attached hydrogen (secondary N) is 1. The zero-order chi connectivity index (χ0) is 13.5. The molecule has 1 saturated heterocycles. The van der Waals surface area contributed by atoms with Gasteiger partial charge in [0, 0.05) is 42.0 Å². The maximum absolute atomic E-state index is 4.50. The van der Waals surface area contributed by atoms with Crippen molar-refractivity contribution in [2.45, 2.75) is 31.3 Å². The van der Waals surface area contributed by atoms with E-state index >= 15 is 0 Å². The van der Waals surface area contributed by atoms with Gasteiger partial charge in [-0.15, -0.1) is 0 Å². The molecule has 1 N–H and O–H groups in total. The van der Waals surface area contributed by atoms with Gasteiger partial charge in [0.1, 0.15) is 5.52 Å². The molecule has 1 saturated carbocycles. The van der Waals surface area contributed by atoms with Crippen LogP contribution in [0.2, 0.25) is 0 Å². The molecule has 2 aromatic rings. The average Bonchev–Trinajstić information content (AvgIpc) is 3.19. The summed E-state index contributed by atoms with van der Waals surface area (Å²) < 4.78 is 0.968. The lowest BCUT2D eigenvalue weighted by Crippen LogP contribution is -2.27. The zero-order valence-electron chi connectivity index (χ0n) is 11.2. The largest absolute Gasteiger partial charge is 0.379 e. The maximum Gasteiger partial charge on any atom is 0.112 e. The summed E-state index contributed by atoms with van der Waals surface area (Å²) in [5.41, 5.74) is 2.99. The first-order valence-electron chi connectivity index (χ1n) is 7.20. The topological polar surface area (TPSA) is 41.1 Å². The Labute approximate surface area is 126 Å². The highest BCUT2D eigenvalue weighted by molar-refractivity contribution is 9.10. The van der Waals surface area contributed by atoms with Crippen LogP contribution in [0.25, 0.3) is 11.0 Å². The summed E-state index contributed by atoms with van der Waals surface area (Å²) in [5, 5.41) is 3.66. The van der Waals surface area contributed by atoms with Crippen LogP contribution in [0.3, 0.4) is 0 Å². The second kappa shape index (κ2) is 4.97. The molecular formula is C15H17BrN4. The summed E-state index contributed by atoms with van der Waals surface area (Å²) in [6.07, 6.45) is 7.69. The van der Waals surface area contributed by atoms with Crippen LogP contribution in [0.15, 0.2) is 29.0 Å². The summed E-state index contributed by atoms with van der Waals surface area (Å²) in [6.45, 7) is 2.38. The quantitative estimate of drug-likeness (QED) is 0.937. The van der Waals surface area contributed by atoms with E-state index in [0.717, 1.165) is 33.8 Å². The average molecular weight is 333 g/mol. The highest BCUT2D eigenvalue weighted by Gasteiger charge is 2.34. The Morgan fingerprint density at radius 1 is 1.25 bits per heavy atom. The van der Waals surface area contributed by atoms with Gasteiger partial charge in [0.2, 0.25) is 0 Å². The molecule has 0 spiro atoms. The fraction of sp³-hybridized carbons (Fsp3) is 0.467. The molecule has 0 amide bonds. The van der Waals surface area contributed by atoms with E-state index in [4.69, 9.17) is 0 Å². The Balaban J connectivity index is 1.56. The number of halogens is 1. The lowest BCUT2D eigenvalue weighted by atomic mass is 10.2. The first kappa shape index (κ1) is 12.5. The van der Waals surface area contributed by atoms with Gasteiger partial charge >= 0.3 is 0 Å². The highest BCUT2D eigenvalue weighted by Crippen LogP contribution is 2.31. The van der Waals surface area contributed by atoms with Gasteiger partial charge in [-0.05, 0) is 47.3 Å². The van der Waals surface area contributed by atoms with Crippen LogP contribution < -0.4 is 5.32 Å². The normalized spacial score (nSPS) is 23.4. The number of likely N-dealkylation sites (tertiary alicyclic amines) is 1. The fourth-order valence-electron chi connectivity index (χ4n) is 3.02. The van der Waals surface area contributed by atoms with Gasteiger partial charge in [0.05, 0.1) is 11.2 Å². The molecule has 1 atom stereocenters. The second-order valence-corrected chi connectivity index (χ2v) is 6.65. The molecule has 4 rings (SSSR count). The standard InChI is InChI=1S/C15H17BrN4/c16-10-7-14-15(18-8-10)13(3-5-17-14)19-11-4-6-20(9-11)12-1-2-12/h3,5,7-8,11-12H,1-2,4,6,9H2,(H,17,19). The lowest BCUT2D eigenvalue weighted by Gasteiger charge is -2.17. The van der Waals surface area contributed by atoms with E-state index in [1.54, 1.807) is 0 Å². The molecule has 0 aromatic carbocycles. The predicted molar refractivity (Wildman–Crippen MR) is 83.9 cm³/mol. The molecule has 5 heteroatoms. The number of hydrogen-bond acceptors (Lipinski definition) is 4. The van der Waals surface area contributed by atoms with E-state index in [1.165, 1.54) is 25.8 Å². The van der Waals surface area contributed by atoms with Crippen LogP contribution in [-0.2, 0) is 0 Å². The van der Waals surface area contributed by atoms with Gasteiger partial charge in [-0.1, -0.05) is 0 Å². The first-order valence-corrected chi connectivity index (χ1v) is 8.00. The molecule has 4 nitrogen and oxygen atoms in total. The minimum Gasteiger partial charge on any atom is -0.379 e. The van der Waals surface area contributed by atoms with Crippen molar-refractivity contribution >= 4 is 32.7 Å². The number of pyridine rings is 2. The molecule has 2 aromatic heterocycles. The predicted octanol–water partition coefficient (Wildman–Crippen LogP) is 3.04. The number of aromatic nitrogens is 2. The molecule has 20 heavy (non-hydrogen) atoms. The Bertz CT molecular complexity index is 641. The molecule has 2 aliphatic rings. The van der Waals surface area contributed by atoms with E-state index in [2.05, 4.69) is 36.1 Å². The molecule has 0 radical (unpaired) electrons. The Kier molecular flexibility index (Phi) is 3.11. The zero-order valence-corrected chi connectivity index (χ0v) is 12.8. The van der Waals surface area contributed by atoms with Crippen molar-refractivity contribution in [1.82, 2.24) is 14.9 Å². The molecule has 0 bridgehead atoms. The molecule has 1 aliphatic heterocycles. The van der Waals surface area contributed by atoms with Crippen LogP contribution in [-0.4, -0.2) is 40.0 Å². The Hall–Kier alpha value is -1.20. The summed E-state index contributed by atoms with van der Waals surface area (Å²) in [5.74, 6) is 0. The van der Waals surface area contributed by atoms with E-state index < -0.39 is 0 Å². The molecule has 3 heterocycles. The van der Waals surface area contributed by atoms with Gasteiger partial charge in [-0.3, -0.25) is 14.9 Å². The van der Waals surface area contributed by atoms with Crippen molar-refractivity contribution in [3.63, 3.8) is 0 Å². The number of rotatable bonds is 3. The second-order valence-electron chi connectivity index (χ2n) is 5.74. The number of anilines is 1. The van der Waals surface area contributed by atoms with E-state index in [0.29, 0.717) is 6.04 Å². The molecule has 2 fully saturated rings. The van der Waals surface area contributed by atoms with E-state index in [1.807, 2.05) is 24.5 Å². The number of fused-ring (bicyclic) bond motifs is 1. The van der Waals surface area contributed by atoms with Crippen LogP contribution >= 0.6 is 15.9 Å². The third kappa shape index (κ3) is 2.40.